The van der Waals surface area contributed by atoms with E-state index in [9.17, 15) is 4.79 Å². The third-order valence-electron chi connectivity index (χ3n) is 3.29. The Labute approximate surface area is 129 Å². The molecule has 0 amide bonds. The first kappa shape index (κ1) is 15.1. The third kappa shape index (κ3) is 3.84. The molecule has 104 valence electrons. The second-order valence-electron chi connectivity index (χ2n) is 5.06. The maximum Gasteiger partial charge on any atom is 0.141 e. The lowest BCUT2D eigenvalue weighted by molar-refractivity contribution is -0.117. The summed E-state index contributed by atoms with van der Waals surface area (Å²) in [6, 6.07) is 11.4. The Hall–Kier alpha value is -1.31. The van der Waals surface area contributed by atoms with Crippen molar-refractivity contribution >= 4 is 29.0 Å². The minimum atomic E-state index is 0.155. The van der Waals surface area contributed by atoms with E-state index in [2.05, 4.69) is 12.1 Å². The van der Waals surface area contributed by atoms with Crippen molar-refractivity contribution in [2.24, 2.45) is 0 Å². The van der Waals surface area contributed by atoms with E-state index in [1.807, 2.05) is 26.0 Å². The summed E-state index contributed by atoms with van der Waals surface area (Å²) in [5.41, 5.74) is 4.22. The Bertz CT molecular complexity index is 647. The predicted molar refractivity (Wildman–Crippen MR) is 84.8 cm³/mol. The lowest BCUT2D eigenvalue weighted by atomic mass is 9.98. The highest BCUT2D eigenvalue weighted by atomic mass is 35.5. The highest BCUT2D eigenvalue weighted by Gasteiger charge is 2.10. The molecular formula is C17H16Cl2O. The van der Waals surface area contributed by atoms with Gasteiger partial charge < -0.3 is 0 Å². The van der Waals surface area contributed by atoms with Crippen LogP contribution in [0.3, 0.4) is 0 Å². The molecule has 2 aromatic carbocycles. The zero-order chi connectivity index (χ0) is 14.7. The topological polar surface area (TPSA) is 17.1 Å². The number of Topliss-reactive ketones (excluding diaryl/α,β-unsaturated/α-hetero) is 1. The van der Waals surface area contributed by atoms with Crippen LogP contribution in [0.1, 0.15) is 22.3 Å². The van der Waals surface area contributed by atoms with Gasteiger partial charge in [-0.15, -0.1) is 0 Å². The van der Waals surface area contributed by atoms with E-state index in [0.29, 0.717) is 22.9 Å². The fourth-order valence-electron chi connectivity index (χ4n) is 2.14. The van der Waals surface area contributed by atoms with Gasteiger partial charge in [0.15, 0.2) is 0 Å². The lowest BCUT2D eigenvalue weighted by Gasteiger charge is -2.08. The average Bonchev–Trinajstić information content (AvgIpc) is 2.37. The van der Waals surface area contributed by atoms with Crippen LogP contribution in [-0.2, 0) is 17.6 Å². The first-order chi connectivity index (χ1) is 9.45. The van der Waals surface area contributed by atoms with Crippen molar-refractivity contribution < 1.29 is 4.79 Å². The largest absolute Gasteiger partial charge is 0.299 e. The summed E-state index contributed by atoms with van der Waals surface area (Å²) in [7, 11) is 0. The summed E-state index contributed by atoms with van der Waals surface area (Å²) < 4.78 is 0. The number of hydrogen-bond acceptors (Lipinski definition) is 1. The van der Waals surface area contributed by atoms with E-state index >= 15 is 0 Å². The highest BCUT2D eigenvalue weighted by Crippen LogP contribution is 2.22. The second-order valence-corrected chi connectivity index (χ2v) is 5.90. The van der Waals surface area contributed by atoms with Gasteiger partial charge in [-0.05, 0) is 42.7 Å². The van der Waals surface area contributed by atoms with E-state index < -0.39 is 0 Å². The third-order valence-corrected chi connectivity index (χ3v) is 3.88. The van der Waals surface area contributed by atoms with Crippen LogP contribution in [0.5, 0.6) is 0 Å². The second kappa shape index (κ2) is 6.43. The number of rotatable bonds is 4. The molecule has 0 bridgehead atoms. The Morgan fingerprint density at radius 2 is 1.65 bits per heavy atom. The van der Waals surface area contributed by atoms with Crippen molar-refractivity contribution in [3.63, 3.8) is 0 Å². The Balaban J connectivity index is 2.11. The van der Waals surface area contributed by atoms with E-state index in [1.165, 1.54) is 5.56 Å². The molecule has 0 saturated heterocycles. The molecule has 0 atom stereocenters. The van der Waals surface area contributed by atoms with Gasteiger partial charge in [-0.1, -0.05) is 53.0 Å². The van der Waals surface area contributed by atoms with Crippen molar-refractivity contribution in [1.82, 2.24) is 0 Å². The highest BCUT2D eigenvalue weighted by molar-refractivity contribution is 6.35. The van der Waals surface area contributed by atoms with E-state index in [1.54, 1.807) is 12.1 Å². The minimum Gasteiger partial charge on any atom is -0.299 e. The molecular weight excluding hydrogens is 291 g/mol. The monoisotopic (exact) mass is 306 g/mol. The molecule has 0 unspecified atom stereocenters. The molecule has 0 aliphatic carbocycles. The van der Waals surface area contributed by atoms with E-state index in [4.69, 9.17) is 23.2 Å². The molecule has 0 N–H and O–H groups in total. The lowest BCUT2D eigenvalue weighted by Crippen LogP contribution is -2.08. The summed E-state index contributed by atoms with van der Waals surface area (Å²) in [4.78, 5) is 12.2. The molecule has 0 aromatic heterocycles. The van der Waals surface area contributed by atoms with Gasteiger partial charge in [0.25, 0.3) is 0 Å². The quantitative estimate of drug-likeness (QED) is 0.780. The molecule has 0 radical (unpaired) electrons. The van der Waals surface area contributed by atoms with Crippen LogP contribution in [0.15, 0.2) is 36.4 Å². The number of carbonyl (C=O) groups is 1. The molecule has 0 aliphatic heterocycles. The van der Waals surface area contributed by atoms with Gasteiger partial charge in [-0.3, -0.25) is 4.79 Å². The van der Waals surface area contributed by atoms with Crippen LogP contribution in [0.4, 0.5) is 0 Å². The summed E-state index contributed by atoms with van der Waals surface area (Å²) in [5.74, 6) is 0.155. The molecule has 1 nitrogen and oxygen atoms in total. The van der Waals surface area contributed by atoms with Gasteiger partial charge in [-0.2, -0.15) is 0 Å². The number of aryl methyl sites for hydroxylation is 2. The SMILES string of the molecule is Cc1ccc(C)c(CC(=O)Cc2ccc(Cl)cc2Cl)c1. The zero-order valence-corrected chi connectivity index (χ0v) is 13.1. The number of benzene rings is 2. The number of hydrogen-bond donors (Lipinski definition) is 0. The number of halogens is 2. The fraction of sp³-hybridized carbons (Fsp3) is 0.235. The van der Waals surface area contributed by atoms with Crippen molar-refractivity contribution in [2.45, 2.75) is 26.7 Å². The molecule has 2 rings (SSSR count). The summed E-state index contributed by atoms with van der Waals surface area (Å²) in [6.07, 6.45) is 0.774. The Morgan fingerprint density at radius 1 is 0.950 bits per heavy atom. The normalized spacial score (nSPS) is 10.6. The standard InChI is InChI=1S/C17H16Cl2O/c1-11-3-4-12(2)14(7-11)9-16(20)8-13-5-6-15(18)10-17(13)19/h3-7,10H,8-9H2,1-2H3. The maximum absolute atomic E-state index is 12.2. The summed E-state index contributed by atoms with van der Waals surface area (Å²) >= 11 is 11.9. The van der Waals surface area contributed by atoms with Crippen LogP contribution < -0.4 is 0 Å². The molecule has 0 heterocycles. The van der Waals surface area contributed by atoms with Gasteiger partial charge in [0, 0.05) is 22.9 Å². The van der Waals surface area contributed by atoms with Gasteiger partial charge >= 0.3 is 0 Å². The van der Waals surface area contributed by atoms with Crippen molar-refractivity contribution in [2.75, 3.05) is 0 Å². The molecule has 0 fully saturated rings. The van der Waals surface area contributed by atoms with Crippen LogP contribution >= 0.6 is 23.2 Å². The van der Waals surface area contributed by atoms with Gasteiger partial charge in [-0.25, -0.2) is 0 Å². The smallest absolute Gasteiger partial charge is 0.141 e. The van der Waals surface area contributed by atoms with Crippen LogP contribution in [0.2, 0.25) is 10.0 Å². The Morgan fingerprint density at radius 3 is 2.35 bits per heavy atom. The maximum atomic E-state index is 12.2. The van der Waals surface area contributed by atoms with Crippen molar-refractivity contribution in [1.29, 1.82) is 0 Å². The first-order valence-electron chi connectivity index (χ1n) is 6.47. The van der Waals surface area contributed by atoms with Gasteiger partial charge in [0.1, 0.15) is 5.78 Å². The molecule has 0 aliphatic rings. The predicted octanol–water partition coefficient (Wildman–Crippen LogP) is 4.96. The molecule has 0 spiro atoms. The number of carbonyl (C=O) groups excluding carboxylic acids is 1. The molecule has 0 saturated carbocycles. The summed E-state index contributed by atoms with van der Waals surface area (Å²) in [6.45, 7) is 4.06. The van der Waals surface area contributed by atoms with Crippen molar-refractivity contribution in [3.05, 3.63) is 68.7 Å². The Kier molecular flexibility index (Phi) is 4.85. The number of ketones is 1. The molecule has 20 heavy (non-hydrogen) atoms. The summed E-state index contributed by atoms with van der Waals surface area (Å²) in [5, 5.41) is 1.13. The van der Waals surface area contributed by atoms with Crippen LogP contribution in [-0.4, -0.2) is 5.78 Å². The van der Waals surface area contributed by atoms with E-state index in [0.717, 1.165) is 16.7 Å². The fourth-order valence-corrected chi connectivity index (χ4v) is 2.62. The van der Waals surface area contributed by atoms with Gasteiger partial charge in [0.05, 0.1) is 0 Å². The van der Waals surface area contributed by atoms with Crippen molar-refractivity contribution in [3.8, 4) is 0 Å². The van der Waals surface area contributed by atoms with E-state index in [-0.39, 0.29) is 5.78 Å². The first-order valence-corrected chi connectivity index (χ1v) is 7.23. The van der Waals surface area contributed by atoms with Crippen LogP contribution in [0, 0.1) is 13.8 Å². The van der Waals surface area contributed by atoms with Crippen LogP contribution in [0.25, 0.3) is 0 Å². The van der Waals surface area contributed by atoms with Gasteiger partial charge in [0.2, 0.25) is 0 Å². The minimum absolute atomic E-state index is 0.155. The molecule has 2 aromatic rings. The average molecular weight is 307 g/mol. The molecule has 3 heteroatoms. The zero-order valence-electron chi connectivity index (χ0n) is 11.5.